The van der Waals surface area contributed by atoms with E-state index in [-0.39, 0.29) is 0 Å². The summed E-state index contributed by atoms with van der Waals surface area (Å²) in [5.41, 5.74) is 5.88. The van der Waals surface area contributed by atoms with E-state index < -0.39 is 0 Å². The van der Waals surface area contributed by atoms with Gasteiger partial charge in [-0.25, -0.2) is 9.97 Å². The standard InChI is InChI=1S/C11H18N4/c1-13-10-4-5-14-11(15-10)7-8-2-3-9(12)6-8/h4-5,8-9H,2-3,6-7,12H2,1H3,(H,13,14,15)/t8-,9+/m1/s1. The molecule has 1 saturated carbocycles. The predicted molar refractivity (Wildman–Crippen MR) is 60.6 cm³/mol. The second-order valence-electron chi connectivity index (χ2n) is 4.25. The molecule has 1 heterocycles. The lowest BCUT2D eigenvalue weighted by molar-refractivity contribution is 0.520. The molecule has 1 fully saturated rings. The zero-order chi connectivity index (χ0) is 10.7. The zero-order valence-corrected chi connectivity index (χ0v) is 9.11. The Hall–Kier alpha value is -1.16. The topological polar surface area (TPSA) is 63.8 Å². The molecule has 1 aromatic heterocycles. The fourth-order valence-corrected chi connectivity index (χ4v) is 2.19. The minimum absolute atomic E-state index is 0.391. The van der Waals surface area contributed by atoms with Crippen molar-refractivity contribution < 1.29 is 0 Å². The molecular weight excluding hydrogens is 188 g/mol. The summed E-state index contributed by atoms with van der Waals surface area (Å²) < 4.78 is 0. The molecule has 1 aliphatic carbocycles. The van der Waals surface area contributed by atoms with Gasteiger partial charge in [0, 0.05) is 25.7 Å². The molecule has 0 aliphatic heterocycles. The van der Waals surface area contributed by atoms with Crippen molar-refractivity contribution in [1.82, 2.24) is 9.97 Å². The van der Waals surface area contributed by atoms with Gasteiger partial charge in [-0.2, -0.15) is 0 Å². The number of hydrogen-bond acceptors (Lipinski definition) is 4. The lowest BCUT2D eigenvalue weighted by atomic mass is 10.0. The summed E-state index contributed by atoms with van der Waals surface area (Å²) in [6.45, 7) is 0. The molecule has 1 aromatic rings. The van der Waals surface area contributed by atoms with Crippen molar-refractivity contribution in [2.45, 2.75) is 31.7 Å². The summed E-state index contributed by atoms with van der Waals surface area (Å²) in [6.07, 6.45) is 6.25. The Kier molecular flexibility index (Phi) is 3.16. The van der Waals surface area contributed by atoms with Gasteiger partial charge in [-0.1, -0.05) is 0 Å². The summed E-state index contributed by atoms with van der Waals surface area (Å²) in [7, 11) is 1.87. The first-order valence-corrected chi connectivity index (χ1v) is 5.53. The predicted octanol–water partition coefficient (Wildman–Crippen LogP) is 1.19. The molecule has 0 bridgehead atoms. The number of nitrogens with two attached hydrogens (primary N) is 1. The molecule has 0 amide bonds. The van der Waals surface area contributed by atoms with E-state index in [1.807, 2.05) is 19.3 Å². The summed E-state index contributed by atoms with van der Waals surface area (Å²) in [4.78, 5) is 8.70. The normalized spacial score (nSPS) is 25.5. The van der Waals surface area contributed by atoms with Gasteiger partial charge in [-0.15, -0.1) is 0 Å². The highest BCUT2D eigenvalue weighted by molar-refractivity contribution is 5.31. The first-order valence-electron chi connectivity index (χ1n) is 5.53. The van der Waals surface area contributed by atoms with Crippen LogP contribution in [0.5, 0.6) is 0 Å². The number of nitrogens with one attached hydrogen (secondary N) is 1. The highest BCUT2D eigenvalue weighted by Crippen LogP contribution is 2.26. The van der Waals surface area contributed by atoms with E-state index in [4.69, 9.17) is 5.73 Å². The SMILES string of the molecule is CNc1ccnc(C[C@@H]2CC[C@H](N)C2)n1. The van der Waals surface area contributed by atoms with Crippen LogP contribution in [0.2, 0.25) is 0 Å². The summed E-state index contributed by atoms with van der Waals surface area (Å²) in [5, 5.41) is 3.03. The largest absolute Gasteiger partial charge is 0.373 e. The Bertz CT molecular complexity index is 326. The molecule has 0 radical (unpaired) electrons. The van der Waals surface area contributed by atoms with Crippen molar-refractivity contribution in [3.63, 3.8) is 0 Å². The Morgan fingerprint density at radius 1 is 1.53 bits per heavy atom. The molecule has 0 aromatic carbocycles. The fourth-order valence-electron chi connectivity index (χ4n) is 2.19. The minimum atomic E-state index is 0.391. The van der Waals surface area contributed by atoms with Gasteiger partial charge in [-0.3, -0.25) is 0 Å². The molecule has 0 unspecified atom stereocenters. The second-order valence-corrected chi connectivity index (χ2v) is 4.25. The third-order valence-electron chi connectivity index (χ3n) is 3.01. The average molecular weight is 206 g/mol. The van der Waals surface area contributed by atoms with Crippen LogP contribution in [0.3, 0.4) is 0 Å². The van der Waals surface area contributed by atoms with Crippen LogP contribution in [0.4, 0.5) is 5.82 Å². The third-order valence-corrected chi connectivity index (χ3v) is 3.01. The highest BCUT2D eigenvalue weighted by Gasteiger charge is 2.22. The number of anilines is 1. The van der Waals surface area contributed by atoms with Crippen LogP contribution in [-0.4, -0.2) is 23.1 Å². The molecule has 3 N–H and O–H groups in total. The van der Waals surface area contributed by atoms with Crippen LogP contribution in [0.25, 0.3) is 0 Å². The highest BCUT2D eigenvalue weighted by atomic mass is 15.0. The van der Waals surface area contributed by atoms with Crippen LogP contribution in [0, 0.1) is 5.92 Å². The van der Waals surface area contributed by atoms with Gasteiger partial charge in [0.2, 0.25) is 0 Å². The number of nitrogens with zero attached hydrogens (tertiary/aromatic N) is 2. The van der Waals surface area contributed by atoms with E-state index in [1.54, 1.807) is 0 Å². The quantitative estimate of drug-likeness (QED) is 0.779. The Labute approximate surface area is 90.3 Å². The molecule has 0 spiro atoms. The summed E-state index contributed by atoms with van der Waals surface area (Å²) in [6, 6.07) is 2.27. The summed E-state index contributed by atoms with van der Waals surface area (Å²) in [5.74, 6) is 2.50. The number of hydrogen-bond donors (Lipinski definition) is 2. The van der Waals surface area contributed by atoms with Gasteiger partial charge in [0.05, 0.1) is 0 Å². The second kappa shape index (κ2) is 4.57. The van der Waals surface area contributed by atoms with Crippen molar-refractivity contribution in [2.75, 3.05) is 12.4 Å². The first kappa shape index (κ1) is 10.4. The van der Waals surface area contributed by atoms with Gasteiger partial charge < -0.3 is 11.1 Å². The Morgan fingerprint density at radius 3 is 3.07 bits per heavy atom. The molecule has 82 valence electrons. The van der Waals surface area contributed by atoms with Crippen LogP contribution in [0.1, 0.15) is 25.1 Å². The van der Waals surface area contributed by atoms with Crippen molar-refractivity contribution in [3.05, 3.63) is 18.1 Å². The molecule has 4 heteroatoms. The maximum absolute atomic E-state index is 5.88. The van der Waals surface area contributed by atoms with E-state index in [9.17, 15) is 0 Å². The van der Waals surface area contributed by atoms with E-state index in [1.165, 1.54) is 6.42 Å². The molecule has 2 atom stereocenters. The van der Waals surface area contributed by atoms with E-state index in [0.29, 0.717) is 12.0 Å². The van der Waals surface area contributed by atoms with Gasteiger partial charge in [0.1, 0.15) is 11.6 Å². The first-order chi connectivity index (χ1) is 7.28. The lowest BCUT2D eigenvalue weighted by Gasteiger charge is -2.08. The van der Waals surface area contributed by atoms with Crippen molar-refractivity contribution in [2.24, 2.45) is 11.7 Å². The lowest BCUT2D eigenvalue weighted by Crippen LogP contribution is -2.15. The monoisotopic (exact) mass is 206 g/mol. The van der Waals surface area contributed by atoms with E-state index in [0.717, 1.165) is 30.9 Å². The fraction of sp³-hybridized carbons (Fsp3) is 0.636. The van der Waals surface area contributed by atoms with E-state index in [2.05, 4.69) is 15.3 Å². The molecule has 1 aliphatic rings. The Balaban J connectivity index is 1.98. The van der Waals surface area contributed by atoms with Gasteiger partial charge in [0.25, 0.3) is 0 Å². The van der Waals surface area contributed by atoms with Crippen molar-refractivity contribution >= 4 is 5.82 Å². The maximum Gasteiger partial charge on any atom is 0.130 e. The third kappa shape index (κ3) is 2.65. The number of aromatic nitrogens is 2. The molecule has 4 nitrogen and oxygen atoms in total. The maximum atomic E-state index is 5.88. The van der Waals surface area contributed by atoms with Crippen molar-refractivity contribution in [1.29, 1.82) is 0 Å². The van der Waals surface area contributed by atoms with Gasteiger partial charge in [-0.05, 0) is 31.2 Å². The van der Waals surface area contributed by atoms with Crippen LogP contribution in [-0.2, 0) is 6.42 Å². The molecular formula is C11H18N4. The molecule has 0 saturated heterocycles. The zero-order valence-electron chi connectivity index (χ0n) is 9.11. The molecule has 15 heavy (non-hydrogen) atoms. The summed E-state index contributed by atoms with van der Waals surface area (Å²) >= 11 is 0. The van der Waals surface area contributed by atoms with Crippen molar-refractivity contribution in [3.8, 4) is 0 Å². The van der Waals surface area contributed by atoms with Crippen LogP contribution in [0.15, 0.2) is 12.3 Å². The van der Waals surface area contributed by atoms with Gasteiger partial charge in [0.15, 0.2) is 0 Å². The minimum Gasteiger partial charge on any atom is -0.373 e. The number of rotatable bonds is 3. The average Bonchev–Trinajstić information content (AvgIpc) is 2.64. The van der Waals surface area contributed by atoms with Crippen LogP contribution < -0.4 is 11.1 Å². The molecule has 2 rings (SSSR count). The van der Waals surface area contributed by atoms with E-state index >= 15 is 0 Å². The Morgan fingerprint density at radius 2 is 2.40 bits per heavy atom. The van der Waals surface area contributed by atoms with Crippen LogP contribution >= 0.6 is 0 Å². The van der Waals surface area contributed by atoms with Gasteiger partial charge >= 0.3 is 0 Å². The smallest absolute Gasteiger partial charge is 0.130 e.